The molecular formula is C32H36N8O2. The maximum Gasteiger partial charge on any atom is 0.314 e. The molecule has 216 valence electrons. The average Bonchev–Trinajstić information content (AvgIpc) is 3.80. The number of nitrogens with two attached hydrogens (primary N) is 1. The second-order valence-corrected chi connectivity index (χ2v) is 11.1. The highest BCUT2D eigenvalue weighted by atomic mass is 16.2. The molecule has 0 spiro atoms. The lowest BCUT2D eigenvalue weighted by Gasteiger charge is -2.34. The van der Waals surface area contributed by atoms with Gasteiger partial charge in [-0.3, -0.25) is 9.36 Å². The van der Waals surface area contributed by atoms with Gasteiger partial charge in [-0.2, -0.15) is 0 Å². The van der Waals surface area contributed by atoms with Crippen LogP contribution >= 0.6 is 0 Å². The molecule has 42 heavy (non-hydrogen) atoms. The second-order valence-electron chi connectivity index (χ2n) is 11.1. The molecule has 3 N–H and O–H groups in total. The van der Waals surface area contributed by atoms with Crippen LogP contribution in [0, 0.1) is 6.92 Å². The number of aryl methyl sites for hydroxylation is 2. The maximum atomic E-state index is 13.7. The van der Waals surface area contributed by atoms with Crippen LogP contribution in [0.3, 0.4) is 0 Å². The van der Waals surface area contributed by atoms with Crippen molar-refractivity contribution in [3.05, 3.63) is 100 Å². The van der Waals surface area contributed by atoms with E-state index in [9.17, 15) is 9.59 Å². The molecule has 10 heteroatoms. The van der Waals surface area contributed by atoms with Crippen molar-refractivity contribution < 1.29 is 4.79 Å². The molecule has 6 rings (SSSR count). The molecule has 1 aliphatic heterocycles. The standard InChI is InChI=1S/C32H36N8O2/c1-22-5-7-23(8-6-22)27-20-28(27)34-13-2-4-25-21-40(26-11-9-24(10-12-26)29-35-14-3-15-36-29)31(41)30(37-25)38-16-18-39(19-17-38)32(33)42/h3,5-12,14-15,21,27-28,34H,2,4,13,16-20H2,1H3,(H2,33,42)/t27-,28+/m0/s1. The second kappa shape index (κ2) is 12.1. The van der Waals surface area contributed by atoms with Crippen molar-refractivity contribution in [2.75, 3.05) is 37.6 Å². The molecule has 0 radical (unpaired) electrons. The third-order valence-corrected chi connectivity index (χ3v) is 8.11. The number of hydrogen-bond acceptors (Lipinski definition) is 7. The molecule has 4 aromatic rings. The third-order valence-electron chi connectivity index (χ3n) is 8.11. The highest BCUT2D eigenvalue weighted by Crippen LogP contribution is 2.40. The number of rotatable bonds is 9. The first kappa shape index (κ1) is 27.6. The van der Waals surface area contributed by atoms with E-state index in [1.165, 1.54) is 11.1 Å². The van der Waals surface area contributed by atoms with Crippen molar-refractivity contribution in [1.82, 2.24) is 29.7 Å². The lowest BCUT2D eigenvalue weighted by atomic mass is 10.1. The summed E-state index contributed by atoms with van der Waals surface area (Å²) < 4.78 is 1.68. The third kappa shape index (κ3) is 6.18. The smallest absolute Gasteiger partial charge is 0.314 e. The molecule has 0 bridgehead atoms. The van der Waals surface area contributed by atoms with E-state index < -0.39 is 6.03 Å². The van der Waals surface area contributed by atoms with Crippen LogP contribution in [0.2, 0.25) is 0 Å². The molecule has 2 aromatic carbocycles. The molecule has 10 nitrogen and oxygen atoms in total. The number of nitrogens with zero attached hydrogens (tertiary/aromatic N) is 6. The molecule has 1 aliphatic carbocycles. The Morgan fingerprint density at radius 2 is 1.71 bits per heavy atom. The first-order chi connectivity index (χ1) is 20.5. The van der Waals surface area contributed by atoms with E-state index in [-0.39, 0.29) is 5.56 Å². The van der Waals surface area contributed by atoms with Crippen LogP contribution in [0.15, 0.2) is 78.0 Å². The van der Waals surface area contributed by atoms with E-state index in [1.54, 1.807) is 27.9 Å². The lowest BCUT2D eigenvalue weighted by molar-refractivity contribution is 0.204. The molecule has 3 heterocycles. The monoisotopic (exact) mass is 564 g/mol. The SMILES string of the molecule is Cc1ccc([C@@H]2C[C@H]2NCCCc2cn(-c3ccc(-c4ncccn4)cc3)c(=O)c(N3CCN(C(N)=O)CC3)n2)cc1. The summed E-state index contributed by atoms with van der Waals surface area (Å²) in [6, 6.07) is 18.3. The number of carbonyl (C=O) groups excluding carboxylic acids is 1. The van der Waals surface area contributed by atoms with Gasteiger partial charge in [0, 0.05) is 68.0 Å². The van der Waals surface area contributed by atoms with Crippen LogP contribution in [0.1, 0.15) is 35.6 Å². The highest BCUT2D eigenvalue weighted by molar-refractivity contribution is 5.72. The fourth-order valence-corrected chi connectivity index (χ4v) is 5.56. The average molecular weight is 565 g/mol. The van der Waals surface area contributed by atoms with Crippen molar-refractivity contribution >= 4 is 11.8 Å². The number of hydrogen-bond donors (Lipinski definition) is 2. The van der Waals surface area contributed by atoms with E-state index in [4.69, 9.17) is 10.7 Å². The minimum absolute atomic E-state index is 0.188. The van der Waals surface area contributed by atoms with Crippen LogP contribution in [-0.4, -0.2) is 69.2 Å². The predicted molar refractivity (Wildman–Crippen MR) is 163 cm³/mol. The number of amides is 2. The van der Waals surface area contributed by atoms with Crippen molar-refractivity contribution in [2.24, 2.45) is 5.73 Å². The largest absolute Gasteiger partial charge is 0.351 e. The molecular weight excluding hydrogens is 528 g/mol. The minimum atomic E-state index is -0.441. The van der Waals surface area contributed by atoms with Gasteiger partial charge in [0.15, 0.2) is 11.6 Å². The van der Waals surface area contributed by atoms with E-state index >= 15 is 0 Å². The Hall–Kier alpha value is -4.57. The van der Waals surface area contributed by atoms with Gasteiger partial charge in [0.05, 0.1) is 5.69 Å². The van der Waals surface area contributed by atoms with Gasteiger partial charge in [-0.15, -0.1) is 0 Å². The Labute approximate surface area is 245 Å². The molecule has 1 saturated carbocycles. The van der Waals surface area contributed by atoms with Gasteiger partial charge in [-0.05, 0) is 68.6 Å². The van der Waals surface area contributed by atoms with E-state index in [2.05, 4.69) is 46.5 Å². The number of aromatic nitrogens is 4. The van der Waals surface area contributed by atoms with Gasteiger partial charge in [0.25, 0.3) is 5.56 Å². The predicted octanol–water partition coefficient (Wildman–Crippen LogP) is 3.28. The van der Waals surface area contributed by atoms with E-state index in [0.717, 1.165) is 42.8 Å². The first-order valence-corrected chi connectivity index (χ1v) is 14.6. The number of nitrogens with one attached hydrogen (secondary N) is 1. The minimum Gasteiger partial charge on any atom is -0.351 e. The molecule has 1 saturated heterocycles. The normalized spacial score (nSPS) is 18.2. The van der Waals surface area contributed by atoms with Crippen molar-refractivity contribution in [1.29, 1.82) is 0 Å². The van der Waals surface area contributed by atoms with E-state index in [0.29, 0.717) is 49.8 Å². The highest BCUT2D eigenvalue weighted by Gasteiger charge is 2.37. The first-order valence-electron chi connectivity index (χ1n) is 14.6. The Kier molecular flexibility index (Phi) is 7.96. The summed E-state index contributed by atoms with van der Waals surface area (Å²) >= 11 is 0. The number of carbonyl (C=O) groups is 1. The van der Waals surface area contributed by atoms with Gasteiger partial charge >= 0.3 is 6.03 Å². The number of benzene rings is 2. The number of urea groups is 1. The Morgan fingerprint density at radius 3 is 2.40 bits per heavy atom. The zero-order chi connectivity index (χ0) is 29.1. The van der Waals surface area contributed by atoms with Crippen molar-refractivity contribution in [3.63, 3.8) is 0 Å². The van der Waals surface area contributed by atoms with Crippen molar-refractivity contribution in [3.8, 4) is 17.1 Å². The van der Waals surface area contributed by atoms with Gasteiger partial charge in [0.2, 0.25) is 0 Å². The van der Waals surface area contributed by atoms with E-state index in [1.807, 2.05) is 35.4 Å². The zero-order valence-electron chi connectivity index (χ0n) is 23.8. The summed E-state index contributed by atoms with van der Waals surface area (Å²) in [4.78, 5) is 42.4. The molecule has 2 amide bonds. The number of anilines is 1. The molecule has 2 aromatic heterocycles. The van der Waals surface area contributed by atoms with Crippen LogP contribution in [0.25, 0.3) is 17.1 Å². The summed E-state index contributed by atoms with van der Waals surface area (Å²) in [6.45, 7) is 4.92. The Morgan fingerprint density at radius 1 is 1.00 bits per heavy atom. The fourth-order valence-electron chi connectivity index (χ4n) is 5.56. The Balaban J connectivity index is 1.18. The summed E-state index contributed by atoms with van der Waals surface area (Å²) in [5, 5.41) is 3.70. The van der Waals surface area contributed by atoms with Crippen LogP contribution in [0.4, 0.5) is 10.6 Å². The topological polar surface area (TPSA) is 122 Å². The zero-order valence-corrected chi connectivity index (χ0v) is 23.8. The van der Waals surface area contributed by atoms with Crippen LogP contribution in [0.5, 0.6) is 0 Å². The lowest BCUT2D eigenvalue weighted by Crippen LogP contribution is -2.52. The number of piperazine rings is 1. The van der Waals surface area contributed by atoms with Gasteiger partial charge in [-0.1, -0.05) is 29.8 Å². The van der Waals surface area contributed by atoms with Crippen molar-refractivity contribution in [2.45, 2.75) is 38.1 Å². The summed E-state index contributed by atoms with van der Waals surface area (Å²) in [5.41, 5.74) is 10.4. The summed E-state index contributed by atoms with van der Waals surface area (Å²) in [7, 11) is 0. The van der Waals surface area contributed by atoms with Gasteiger partial charge in [0.1, 0.15) is 0 Å². The van der Waals surface area contributed by atoms with Crippen LogP contribution in [-0.2, 0) is 6.42 Å². The molecule has 2 fully saturated rings. The molecule has 2 atom stereocenters. The molecule has 0 unspecified atom stereocenters. The number of primary amides is 1. The quantitative estimate of drug-likeness (QED) is 0.299. The summed E-state index contributed by atoms with van der Waals surface area (Å²) in [6.07, 6.45) is 8.08. The molecule has 2 aliphatic rings. The Bertz CT molecular complexity index is 1580. The summed E-state index contributed by atoms with van der Waals surface area (Å²) in [5.74, 6) is 1.62. The van der Waals surface area contributed by atoms with Crippen LogP contribution < -0.4 is 21.5 Å². The van der Waals surface area contributed by atoms with Gasteiger partial charge in [-0.25, -0.2) is 19.7 Å². The van der Waals surface area contributed by atoms with Gasteiger partial charge < -0.3 is 20.9 Å². The fraction of sp³-hybridized carbons (Fsp3) is 0.344. The maximum absolute atomic E-state index is 13.7.